The van der Waals surface area contributed by atoms with E-state index in [1.165, 1.54) is 25.7 Å². The van der Waals surface area contributed by atoms with Crippen LogP contribution in [0.3, 0.4) is 0 Å². The van der Waals surface area contributed by atoms with Gasteiger partial charge in [0.25, 0.3) is 0 Å². The average Bonchev–Trinajstić information content (AvgIpc) is 2.84. The molecule has 3 heteroatoms. The molecule has 1 N–H and O–H groups in total. The minimum atomic E-state index is 0.546. The van der Waals surface area contributed by atoms with Crippen LogP contribution in [-0.4, -0.2) is 11.3 Å². The number of rotatable bonds is 2. The highest BCUT2D eigenvalue weighted by molar-refractivity contribution is 8.01. The summed E-state index contributed by atoms with van der Waals surface area (Å²) < 4.78 is 1.54. The van der Waals surface area contributed by atoms with Gasteiger partial charge in [0.05, 0.1) is 4.21 Å². The second-order valence-corrected chi connectivity index (χ2v) is 9.27. The number of hydrogen-bond acceptors (Lipinski definition) is 3. The van der Waals surface area contributed by atoms with Gasteiger partial charge in [0, 0.05) is 17.3 Å². The lowest BCUT2D eigenvalue weighted by molar-refractivity contribution is 0.346. The molecule has 1 saturated carbocycles. The molecule has 1 nitrogen and oxygen atoms in total. The first kappa shape index (κ1) is 13.0. The minimum absolute atomic E-state index is 0.546. The molecule has 1 aromatic heterocycles. The fourth-order valence-electron chi connectivity index (χ4n) is 3.37. The quantitative estimate of drug-likeness (QED) is 0.832. The van der Waals surface area contributed by atoms with Crippen LogP contribution in [0.2, 0.25) is 0 Å². The number of thiophene rings is 1. The Morgan fingerprint density at radius 2 is 2.22 bits per heavy atom. The molecule has 2 unspecified atom stereocenters. The van der Waals surface area contributed by atoms with Gasteiger partial charge in [-0.1, -0.05) is 20.8 Å². The minimum Gasteiger partial charge on any atom is -0.307 e. The van der Waals surface area contributed by atoms with E-state index in [1.807, 2.05) is 11.3 Å². The third-order valence-electron chi connectivity index (χ3n) is 4.32. The second kappa shape index (κ2) is 4.84. The zero-order valence-corrected chi connectivity index (χ0v) is 13.2. The number of hydrogen-bond donors (Lipinski definition) is 1. The molecule has 1 aromatic rings. The fourth-order valence-corrected chi connectivity index (χ4v) is 5.94. The van der Waals surface area contributed by atoms with E-state index in [-0.39, 0.29) is 0 Å². The maximum Gasteiger partial charge on any atom is 0.0649 e. The molecule has 1 aliphatic heterocycles. The molecule has 0 saturated heterocycles. The Morgan fingerprint density at radius 1 is 1.39 bits per heavy atom. The average molecular weight is 281 g/mol. The van der Waals surface area contributed by atoms with Gasteiger partial charge in [-0.25, -0.2) is 0 Å². The molecule has 2 aliphatic rings. The molecule has 1 aliphatic carbocycles. The number of nitrogens with one attached hydrogen (secondary N) is 1. The summed E-state index contributed by atoms with van der Waals surface area (Å²) in [5.41, 5.74) is 2.11. The Hall–Kier alpha value is 0.01000. The summed E-state index contributed by atoms with van der Waals surface area (Å²) in [5.74, 6) is 0. The highest BCUT2D eigenvalue weighted by atomic mass is 32.2. The van der Waals surface area contributed by atoms with Crippen molar-refractivity contribution in [2.45, 2.75) is 68.0 Å². The fraction of sp³-hybridized carbons (Fsp3) is 0.733. The Balaban J connectivity index is 1.71. The molecule has 100 valence electrons. The summed E-state index contributed by atoms with van der Waals surface area (Å²) in [5, 5.41) is 6.95. The molecule has 0 aromatic carbocycles. The van der Waals surface area contributed by atoms with Crippen LogP contribution < -0.4 is 5.32 Å². The van der Waals surface area contributed by atoms with Crippen LogP contribution in [0, 0.1) is 5.41 Å². The van der Waals surface area contributed by atoms with Crippen molar-refractivity contribution in [3.8, 4) is 0 Å². The van der Waals surface area contributed by atoms with Gasteiger partial charge in [0.1, 0.15) is 0 Å². The van der Waals surface area contributed by atoms with Crippen molar-refractivity contribution < 1.29 is 0 Å². The van der Waals surface area contributed by atoms with E-state index in [9.17, 15) is 0 Å². The van der Waals surface area contributed by atoms with E-state index in [0.29, 0.717) is 11.5 Å². The van der Waals surface area contributed by atoms with Gasteiger partial charge in [-0.3, -0.25) is 0 Å². The molecule has 1 fully saturated rings. The smallest absolute Gasteiger partial charge is 0.0649 e. The van der Waals surface area contributed by atoms with Crippen molar-refractivity contribution in [3.63, 3.8) is 0 Å². The largest absolute Gasteiger partial charge is 0.307 e. The number of thioether (sulfide) groups is 1. The highest BCUT2D eigenvalue weighted by Gasteiger charge is 2.34. The van der Waals surface area contributed by atoms with Crippen molar-refractivity contribution in [2.75, 3.05) is 0 Å². The molecule has 0 spiro atoms. The molecular weight excluding hydrogens is 258 g/mol. The number of fused-ring (bicyclic) bond motifs is 1. The van der Waals surface area contributed by atoms with Gasteiger partial charge < -0.3 is 5.32 Å². The van der Waals surface area contributed by atoms with Gasteiger partial charge in [-0.2, -0.15) is 0 Å². The molecular formula is C15H23NS2. The molecule has 18 heavy (non-hydrogen) atoms. The first-order valence-electron chi connectivity index (χ1n) is 7.04. The van der Waals surface area contributed by atoms with E-state index < -0.39 is 0 Å². The van der Waals surface area contributed by atoms with Crippen LogP contribution in [0.15, 0.2) is 15.7 Å². The van der Waals surface area contributed by atoms with Crippen molar-refractivity contribution in [2.24, 2.45) is 5.41 Å². The lowest BCUT2D eigenvalue weighted by Crippen LogP contribution is -2.34. The maximum atomic E-state index is 3.94. The monoisotopic (exact) mass is 281 g/mol. The van der Waals surface area contributed by atoms with Crippen molar-refractivity contribution >= 4 is 23.1 Å². The second-order valence-electron chi connectivity index (χ2n) is 6.65. The molecule has 3 atom stereocenters. The summed E-state index contributed by atoms with van der Waals surface area (Å²) >= 11 is 3.97. The third kappa shape index (κ3) is 2.63. The molecule has 0 radical (unpaired) electrons. The van der Waals surface area contributed by atoms with Crippen LogP contribution in [0.5, 0.6) is 0 Å². The Kier molecular flexibility index (Phi) is 3.50. The summed E-state index contributed by atoms with van der Waals surface area (Å²) in [4.78, 5) is 0. The van der Waals surface area contributed by atoms with E-state index in [0.717, 1.165) is 11.3 Å². The first-order chi connectivity index (χ1) is 8.53. The first-order valence-corrected chi connectivity index (χ1v) is 8.79. The SMILES string of the molecule is C[C@H]1CC(NC2CCC(C)(C)C2)c2ccsc2S1. The predicted molar refractivity (Wildman–Crippen MR) is 81.6 cm³/mol. The lowest BCUT2D eigenvalue weighted by atomic mass is 9.91. The van der Waals surface area contributed by atoms with Crippen LogP contribution >= 0.6 is 23.1 Å². The van der Waals surface area contributed by atoms with E-state index in [1.54, 1.807) is 9.77 Å². The molecule has 2 heterocycles. The van der Waals surface area contributed by atoms with Gasteiger partial charge in [0.15, 0.2) is 0 Å². The topological polar surface area (TPSA) is 12.0 Å². The molecule has 0 amide bonds. The van der Waals surface area contributed by atoms with Crippen LogP contribution in [0.25, 0.3) is 0 Å². The maximum absolute atomic E-state index is 3.94. The summed E-state index contributed by atoms with van der Waals surface area (Å²) in [6.07, 6.45) is 5.35. The molecule has 3 rings (SSSR count). The Labute approximate surface area is 119 Å². The van der Waals surface area contributed by atoms with Crippen molar-refractivity contribution in [1.29, 1.82) is 0 Å². The van der Waals surface area contributed by atoms with Gasteiger partial charge >= 0.3 is 0 Å². The summed E-state index contributed by atoms with van der Waals surface area (Å²) in [6.45, 7) is 7.18. The van der Waals surface area contributed by atoms with Crippen LogP contribution in [-0.2, 0) is 0 Å². The standard InChI is InChI=1S/C15H23NS2/c1-10-8-13(12-5-7-17-14(12)18-10)16-11-4-6-15(2,3)9-11/h5,7,10-11,13,16H,4,6,8-9H2,1-3H3/t10-,11?,13?/m0/s1. The Morgan fingerprint density at radius 3 is 2.94 bits per heavy atom. The van der Waals surface area contributed by atoms with Crippen molar-refractivity contribution in [3.05, 3.63) is 17.0 Å². The van der Waals surface area contributed by atoms with Crippen molar-refractivity contribution in [1.82, 2.24) is 5.32 Å². The van der Waals surface area contributed by atoms with Gasteiger partial charge in [0.2, 0.25) is 0 Å². The van der Waals surface area contributed by atoms with Crippen LogP contribution in [0.4, 0.5) is 0 Å². The van der Waals surface area contributed by atoms with Gasteiger partial charge in [-0.05, 0) is 48.1 Å². The Bertz CT molecular complexity index is 424. The van der Waals surface area contributed by atoms with E-state index in [4.69, 9.17) is 0 Å². The van der Waals surface area contributed by atoms with Gasteiger partial charge in [-0.15, -0.1) is 23.1 Å². The zero-order chi connectivity index (χ0) is 12.8. The predicted octanol–water partition coefficient (Wildman–Crippen LogP) is 4.84. The van der Waals surface area contributed by atoms with Crippen LogP contribution in [0.1, 0.15) is 58.1 Å². The summed E-state index contributed by atoms with van der Waals surface area (Å²) in [6, 6.07) is 3.66. The highest BCUT2D eigenvalue weighted by Crippen LogP contribution is 2.45. The lowest BCUT2D eigenvalue weighted by Gasteiger charge is -2.30. The third-order valence-corrected chi connectivity index (χ3v) is 6.66. The normalized spacial score (nSPS) is 34.5. The van der Waals surface area contributed by atoms with E-state index in [2.05, 4.69) is 49.3 Å². The summed E-state index contributed by atoms with van der Waals surface area (Å²) in [7, 11) is 0. The molecule has 0 bridgehead atoms. The zero-order valence-electron chi connectivity index (χ0n) is 11.5. The van der Waals surface area contributed by atoms with E-state index >= 15 is 0 Å².